The van der Waals surface area contributed by atoms with Crippen molar-refractivity contribution in [1.82, 2.24) is 19.9 Å². The zero-order valence-electron chi connectivity index (χ0n) is 20.2. The van der Waals surface area contributed by atoms with E-state index in [0.29, 0.717) is 24.8 Å². The Balaban J connectivity index is 1.56. The SMILES string of the molecule is COCC1(Nc2nc(C)c(-c3nc4c(C)nccc4s3)c(N[C@@H]3C[C@H](CO)[C@@H](O)[C@H]3O)n2)CCC1. The van der Waals surface area contributed by atoms with E-state index in [1.54, 1.807) is 13.3 Å². The number of nitrogens with one attached hydrogen (secondary N) is 2. The molecule has 2 aliphatic carbocycles. The molecule has 0 radical (unpaired) electrons. The van der Waals surface area contributed by atoms with Gasteiger partial charge in [0.1, 0.15) is 22.4 Å². The predicted molar refractivity (Wildman–Crippen MR) is 135 cm³/mol. The fourth-order valence-electron chi connectivity index (χ4n) is 5.13. The van der Waals surface area contributed by atoms with Gasteiger partial charge in [0.15, 0.2) is 0 Å². The van der Waals surface area contributed by atoms with E-state index < -0.39 is 24.2 Å². The van der Waals surface area contributed by atoms with E-state index >= 15 is 0 Å². The number of thiazole rings is 1. The van der Waals surface area contributed by atoms with Crippen molar-refractivity contribution >= 4 is 33.3 Å². The number of nitrogens with zero attached hydrogens (tertiary/aromatic N) is 4. The summed E-state index contributed by atoms with van der Waals surface area (Å²) in [6.07, 6.45) is 3.23. The Morgan fingerprint density at radius 2 is 1.94 bits per heavy atom. The van der Waals surface area contributed by atoms with Crippen molar-refractivity contribution in [2.24, 2.45) is 5.92 Å². The molecule has 0 amide bonds. The normalized spacial score (nSPS) is 25.5. The number of aromatic nitrogens is 4. The fraction of sp³-hybridized carbons (Fsp3) is 0.583. The molecule has 3 aromatic rings. The van der Waals surface area contributed by atoms with Crippen LogP contribution in [0.1, 0.15) is 37.1 Å². The van der Waals surface area contributed by atoms with Crippen LogP contribution in [0.25, 0.3) is 20.8 Å². The van der Waals surface area contributed by atoms with E-state index in [4.69, 9.17) is 19.7 Å². The lowest BCUT2D eigenvalue weighted by molar-refractivity contribution is 0.00446. The van der Waals surface area contributed by atoms with Gasteiger partial charge in [0.2, 0.25) is 5.95 Å². The molecule has 0 saturated heterocycles. The van der Waals surface area contributed by atoms with Gasteiger partial charge in [0.25, 0.3) is 0 Å². The van der Waals surface area contributed by atoms with Crippen LogP contribution in [0.2, 0.25) is 0 Å². The number of rotatable bonds is 8. The minimum Gasteiger partial charge on any atom is -0.396 e. The summed E-state index contributed by atoms with van der Waals surface area (Å²) in [6, 6.07) is 1.47. The van der Waals surface area contributed by atoms with Crippen LogP contribution in [0.4, 0.5) is 11.8 Å². The molecule has 2 saturated carbocycles. The van der Waals surface area contributed by atoms with Crippen LogP contribution < -0.4 is 10.6 Å². The molecule has 0 bridgehead atoms. The number of methoxy groups -OCH3 is 1. The number of anilines is 2. The lowest BCUT2D eigenvalue weighted by atomic mass is 9.77. The maximum atomic E-state index is 10.7. The second-order valence-corrected chi connectivity index (χ2v) is 10.8. The first-order chi connectivity index (χ1) is 16.8. The zero-order chi connectivity index (χ0) is 24.7. The fourth-order valence-corrected chi connectivity index (χ4v) is 6.24. The molecule has 5 rings (SSSR count). The lowest BCUT2D eigenvalue weighted by Gasteiger charge is -2.42. The van der Waals surface area contributed by atoms with Gasteiger partial charge >= 0.3 is 0 Å². The van der Waals surface area contributed by atoms with Crippen LogP contribution in [0.5, 0.6) is 0 Å². The van der Waals surface area contributed by atoms with E-state index in [1.807, 2.05) is 19.9 Å². The molecule has 2 aliphatic rings. The summed E-state index contributed by atoms with van der Waals surface area (Å²) in [7, 11) is 1.69. The predicted octanol–water partition coefficient (Wildman–Crippen LogP) is 2.26. The minimum absolute atomic E-state index is 0.191. The molecule has 188 valence electrons. The molecule has 0 aromatic carbocycles. The quantitative estimate of drug-likeness (QED) is 0.312. The maximum absolute atomic E-state index is 10.7. The first-order valence-electron chi connectivity index (χ1n) is 12.0. The summed E-state index contributed by atoms with van der Waals surface area (Å²) in [5.41, 5.74) is 2.99. The maximum Gasteiger partial charge on any atom is 0.225 e. The van der Waals surface area contributed by atoms with Crippen molar-refractivity contribution in [3.05, 3.63) is 23.7 Å². The van der Waals surface area contributed by atoms with E-state index in [0.717, 1.165) is 51.4 Å². The van der Waals surface area contributed by atoms with E-state index in [9.17, 15) is 15.3 Å². The highest BCUT2D eigenvalue weighted by molar-refractivity contribution is 7.21. The number of hydrogen-bond donors (Lipinski definition) is 5. The molecular weight excluding hydrogens is 468 g/mol. The standard InChI is InChI=1S/C24H32N6O4S/c1-12-17(22-28-18-13(2)25-8-5-16(18)35-22)21(27-15-9-14(10-31)19(32)20(15)33)29-23(26-12)30-24(11-34-3)6-4-7-24/h5,8,14-15,19-20,31-33H,4,6-7,9-11H2,1-3H3,(H2,26,27,29,30)/t14-,15-,19-,20+/m1/s1. The third-order valence-electron chi connectivity index (χ3n) is 7.26. The molecule has 0 unspecified atom stereocenters. The highest BCUT2D eigenvalue weighted by Crippen LogP contribution is 2.40. The Morgan fingerprint density at radius 3 is 2.57 bits per heavy atom. The molecule has 4 atom stereocenters. The number of hydrogen-bond acceptors (Lipinski definition) is 11. The van der Waals surface area contributed by atoms with Crippen molar-refractivity contribution in [2.75, 3.05) is 31.0 Å². The molecule has 3 heterocycles. The number of fused-ring (bicyclic) bond motifs is 1. The van der Waals surface area contributed by atoms with Gasteiger partial charge in [-0.05, 0) is 45.6 Å². The van der Waals surface area contributed by atoms with Crippen molar-refractivity contribution in [3.8, 4) is 10.6 Å². The molecular formula is C24H32N6O4S. The van der Waals surface area contributed by atoms with Crippen LogP contribution in [-0.2, 0) is 4.74 Å². The largest absolute Gasteiger partial charge is 0.396 e. The molecule has 35 heavy (non-hydrogen) atoms. The van der Waals surface area contributed by atoms with Gasteiger partial charge in [-0.15, -0.1) is 11.3 Å². The molecule has 2 fully saturated rings. The zero-order valence-corrected chi connectivity index (χ0v) is 21.0. The van der Waals surface area contributed by atoms with Crippen LogP contribution in [0.3, 0.4) is 0 Å². The van der Waals surface area contributed by atoms with Gasteiger partial charge in [0.05, 0.1) is 45.9 Å². The van der Waals surface area contributed by atoms with Crippen molar-refractivity contribution in [2.45, 2.75) is 63.3 Å². The highest BCUT2D eigenvalue weighted by Gasteiger charge is 2.42. The minimum atomic E-state index is -1.03. The van der Waals surface area contributed by atoms with Gasteiger partial charge < -0.3 is 30.7 Å². The van der Waals surface area contributed by atoms with E-state index in [1.165, 1.54) is 11.3 Å². The number of aliphatic hydroxyl groups excluding tert-OH is 3. The summed E-state index contributed by atoms with van der Waals surface area (Å²) >= 11 is 1.54. The number of aliphatic hydroxyl groups is 3. The Morgan fingerprint density at radius 1 is 1.14 bits per heavy atom. The van der Waals surface area contributed by atoms with Crippen molar-refractivity contribution < 1.29 is 20.1 Å². The lowest BCUT2D eigenvalue weighted by Crippen LogP contribution is -2.49. The average molecular weight is 501 g/mol. The molecule has 0 spiro atoms. The number of pyridine rings is 1. The van der Waals surface area contributed by atoms with Gasteiger partial charge in [-0.25, -0.2) is 9.97 Å². The second kappa shape index (κ2) is 9.55. The van der Waals surface area contributed by atoms with Crippen LogP contribution in [-0.4, -0.2) is 79.4 Å². The van der Waals surface area contributed by atoms with E-state index in [2.05, 4.69) is 15.6 Å². The monoisotopic (exact) mass is 500 g/mol. The first kappa shape index (κ1) is 24.3. The van der Waals surface area contributed by atoms with Crippen molar-refractivity contribution in [1.29, 1.82) is 0 Å². The van der Waals surface area contributed by atoms with Gasteiger partial charge in [-0.3, -0.25) is 4.98 Å². The summed E-state index contributed by atoms with van der Waals surface area (Å²) in [5.74, 6) is 0.616. The molecule has 5 N–H and O–H groups in total. The van der Waals surface area contributed by atoms with Gasteiger partial charge in [-0.2, -0.15) is 4.98 Å². The Hall–Kier alpha value is -2.44. The first-order valence-corrected chi connectivity index (χ1v) is 12.8. The molecule has 0 aliphatic heterocycles. The molecule has 11 heteroatoms. The summed E-state index contributed by atoms with van der Waals surface area (Å²) in [4.78, 5) is 18.8. The number of aryl methyl sites for hydroxylation is 2. The summed E-state index contributed by atoms with van der Waals surface area (Å²) in [5, 5.41) is 38.2. The third kappa shape index (κ3) is 4.47. The Bertz CT molecular complexity index is 1220. The molecule has 10 nitrogen and oxygen atoms in total. The van der Waals surface area contributed by atoms with Gasteiger partial charge in [-0.1, -0.05) is 0 Å². The highest BCUT2D eigenvalue weighted by atomic mass is 32.1. The second-order valence-electron chi connectivity index (χ2n) is 9.72. The molecule has 3 aromatic heterocycles. The summed E-state index contributed by atoms with van der Waals surface area (Å²) in [6.45, 7) is 4.23. The van der Waals surface area contributed by atoms with E-state index in [-0.39, 0.29) is 12.1 Å². The van der Waals surface area contributed by atoms with Crippen LogP contribution >= 0.6 is 11.3 Å². The third-order valence-corrected chi connectivity index (χ3v) is 8.30. The Kier molecular flexibility index (Phi) is 6.62. The topological polar surface area (TPSA) is 146 Å². The van der Waals surface area contributed by atoms with Crippen LogP contribution in [0, 0.1) is 19.8 Å². The number of ether oxygens (including phenoxy) is 1. The Labute approximate surface area is 207 Å². The smallest absolute Gasteiger partial charge is 0.225 e. The van der Waals surface area contributed by atoms with Gasteiger partial charge in [0, 0.05) is 25.8 Å². The average Bonchev–Trinajstić information content (AvgIpc) is 3.35. The van der Waals surface area contributed by atoms with Crippen molar-refractivity contribution in [3.63, 3.8) is 0 Å². The summed E-state index contributed by atoms with van der Waals surface area (Å²) < 4.78 is 6.46. The van der Waals surface area contributed by atoms with Crippen LogP contribution in [0.15, 0.2) is 12.3 Å².